The Balaban J connectivity index is 1.60. The Labute approximate surface area is 190 Å². The van der Waals surface area contributed by atoms with Gasteiger partial charge in [-0.1, -0.05) is 18.2 Å². The van der Waals surface area contributed by atoms with Crippen LogP contribution in [0.25, 0.3) is 0 Å². The van der Waals surface area contributed by atoms with E-state index in [9.17, 15) is 18.0 Å². The molecular weight excluding hydrogens is 456 g/mol. The van der Waals surface area contributed by atoms with E-state index in [0.29, 0.717) is 23.1 Å². The molecule has 0 spiro atoms. The number of sulfonamides is 1. The molecule has 2 amide bonds. The quantitative estimate of drug-likeness (QED) is 0.558. The largest absolute Gasteiger partial charge is 0.369 e. The summed E-state index contributed by atoms with van der Waals surface area (Å²) in [6.07, 6.45) is 2.95. The van der Waals surface area contributed by atoms with Gasteiger partial charge in [0.15, 0.2) is 4.34 Å². The Hall–Kier alpha value is -1.95. The fourth-order valence-corrected chi connectivity index (χ4v) is 7.09. The number of hydrogen-bond acceptors (Lipinski definition) is 7. The first-order valence-corrected chi connectivity index (χ1v) is 13.1. The van der Waals surface area contributed by atoms with E-state index in [1.165, 1.54) is 39.5 Å². The molecule has 8 nitrogen and oxygen atoms in total. The van der Waals surface area contributed by atoms with Crippen molar-refractivity contribution in [1.29, 1.82) is 0 Å². The molecule has 0 saturated carbocycles. The van der Waals surface area contributed by atoms with Gasteiger partial charge < -0.3 is 11.1 Å². The molecule has 168 valence electrons. The Kier molecular flexibility index (Phi) is 7.73. The summed E-state index contributed by atoms with van der Waals surface area (Å²) < 4.78 is 27.7. The van der Waals surface area contributed by atoms with Crippen LogP contribution in [-0.2, 0) is 26.0 Å². The van der Waals surface area contributed by atoms with E-state index in [1.807, 2.05) is 6.92 Å². The molecule has 3 rings (SSSR count). The van der Waals surface area contributed by atoms with E-state index >= 15 is 0 Å². The summed E-state index contributed by atoms with van der Waals surface area (Å²) in [7, 11) is -3.50. The zero-order valence-electron chi connectivity index (χ0n) is 17.5. The van der Waals surface area contributed by atoms with Crippen LogP contribution in [0.4, 0.5) is 5.69 Å². The maximum Gasteiger partial charge on any atom is 0.243 e. The number of hydrogen-bond donors (Lipinski definition) is 2. The molecule has 0 radical (unpaired) electrons. The number of anilines is 1. The number of nitrogens with one attached hydrogen (secondary N) is 1. The fourth-order valence-electron chi connectivity index (χ4n) is 3.19. The van der Waals surface area contributed by atoms with Gasteiger partial charge in [-0.05, 0) is 51.0 Å². The van der Waals surface area contributed by atoms with Gasteiger partial charge in [0.2, 0.25) is 21.8 Å². The van der Waals surface area contributed by atoms with Gasteiger partial charge in [0.05, 0.1) is 22.3 Å². The smallest absolute Gasteiger partial charge is 0.243 e. The van der Waals surface area contributed by atoms with Crippen LogP contribution in [-0.4, -0.2) is 47.9 Å². The molecule has 1 unspecified atom stereocenters. The molecule has 1 aromatic carbocycles. The van der Waals surface area contributed by atoms with E-state index in [0.717, 1.165) is 29.8 Å². The summed E-state index contributed by atoms with van der Waals surface area (Å²) in [5, 5.41) is 2.38. The number of carbonyl (C=O) groups excluding carboxylic acids is 2. The van der Waals surface area contributed by atoms with Crippen molar-refractivity contribution >= 4 is 50.6 Å². The second-order valence-corrected chi connectivity index (χ2v) is 12.0. The summed E-state index contributed by atoms with van der Waals surface area (Å²) in [6, 6.07) is 6.25. The lowest BCUT2D eigenvalue weighted by atomic mass is 10.2. The molecule has 1 aliphatic rings. The van der Waals surface area contributed by atoms with E-state index in [1.54, 1.807) is 19.1 Å². The van der Waals surface area contributed by atoms with Crippen molar-refractivity contribution in [3.8, 4) is 0 Å². The van der Waals surface area contributed by atoms with Gasteiger partial charge in [0, 0.05) is 23.7 Å². The number of rotatable bonds is 8. The van der Waals surface area contributed by atoms with Gasteiger partial charge in [-0.2, -0.15) is 4.31 Å². The van der Waals surface area contributed by atoms with E-state index in [2.05, 4.69) is 10.3 Å². The number of aryl methyl sites for hydroxylation is 1. The average Bonchev–Trinajstić information content (AvgIpc) is 3.07. The second-order valence-electron chi connectivity index (χ2n) is 7.37. The number of thiazole rings is 1. The summed E-state index contributed by atoms with van der Waals surface area (Å²) >= 11 is 2.66. The van der Waals surface area contributed by atoms with Crippen molar-refractivity contribution in [2.24, 2.45) is 5.73 Å². The second kappa shape index (κ2) is 10.1. The lowest BCUT2D eigenvalue weighted by molar-refractivity contribution is -0.117. The lowest BCUT2D eigenvalue weighted by Gasteiger charge is -2.25. The number of piperidine rings is 1. The Morgan fingerprint density at radius 2 is 1.87 bits per heavy atom. The number of nitrogens with two attached hydrogens (primary N) is 1. The number of primary amides is 1. The third kappa shape index (κ3) is 6.06. The van der Waals surface area contributed by atoms with Crippen molar-refractivity contribution < 1.29 is 18.0 Å². The molecule has 2 aromatic rings. The molecule has 1 aromatic heterocycles. The highest BCUT2D eigenvalue weighted by Crippen LogP contribution is 2.31. The van der Waals surface area contributed by atoms with Gasteiger partial charge in [-0.15, -0.1) is 11.3 Å². The Morgan fingerprint density at radius 3 is 2.48 bits per heavy atom. The third-order valence-corrected chi connectivity index (χ3v) is 9.19. The molecule has 0 bridgehead atoms. The van der Waals surface area contributed by atoms with Crippen molar-refractivity contribution in [3.05, 3.63) is 34.8 Å². The molecule has 1 aliphatic heterocycles. The predicted molar refractivity (Wildman–Crippen MR) is 123 cm³/mol. The van der Waals surface area contributed by atoms with Crippen LogP contribution in [0.5, 0.6) is 0 Å². The first-order valence-electron chi connectivity index (χ1n) is 9.99. The molecule has 1 atom stereocenters. The highest BCUT2D eigenvalue weighted by Gasteiger charge is 2.26. The highest BCUT2D eigenvalue weighted by atomic mass is 32.2. The third-order valence-electron chi connectivity index (χ3n) is 4.93. The van der Waals surface area contributed by atoms with Crippen LogP contribution in [0.3, 0.4) is 0 Å². The minimum atomic E-state index is -3.50. The van der Waals surface area contributed by atoms with Crippen LogP contribution in [0.1, 0.15) is 36.8 Å². The van der Waals surface area contributed by atoms with Gasteiger partial charge in [-0.3, -0.25) is 9.59 Å². The van der Waals surface area contributed by atoms with Gasteiger partial charge in [0.1, 0.15) is 0 Å². The number of aromatic nitrogens is 1. The van der Waals surface area contributed by atoms with E-state index in [4.69, 9.17) is 5.73 Å². The molecule has 2 heterocycles. The summed E-state index contributed by atoms with van der Waals surface area (Å²) in [6.45, 7) is 4.67. The maximum absolute atomic E-state index is 12.7. The van der Waals surface area contributed by atoms with E-state index in [-0.39, 0.29) is 17.2 Å². The van der Waals surface area contributed by atoms with Crippen LogP contribution in [0.2, 0.25) is 0 Å². The monoisotopic (exact) mass is 482 g/mol. The highest BCUT2D eigenvalue weighted by molar-refractivity contribution is 8.02. The van der Waals surface area contributed by atoms with Crippen LogP contribution in [0.15, 0.2) is 33.5 Å². The molecule has 3 N–H and O–H groups in total. The maximum atomic E-state index is 12.7. The molecule has 1 saturated heterocycles. The van der Waals surface area contributed by atoms with Crippen LogP contribution >= 0.6 is 23.1 Å². The number of benzene rings is 1. The van der Waals surface area contributed by atoms with Gasteiger partial charge >= 0.3 is 0 Å². The fraction of sp³-hybridized carbons (Fsp3) is 0.450. The van der Waals surface area contributed by atoms with Crippen LogP contribution in [0, 0.1) is 6.92 Å². The molecular formula is C20H26N4O4S3. The minimum absolute atomic E-state index is 0.136. The SMILES string of the molecule is Cc1nc(SC(C)C(=O)Nc2ccc(S(=O)(=O)N3CCCCC3)cc2)sc1CC(N)=O. The summed E-state index contributed by atoms with van der Waals surface area (Å²) in [5.41, 5.74) is 6.51. The Morgan fingerprint density at radius 1 is 1.23 bits per heavy atom. The molecule has 1 fully saturated rings. The number of thioether (sulfide) groups is 1. The zero-order chi connectivity index (χ0) is 22.6. The number of nitrogens with zero attached hydrogens (tertiary/aromatic N) is 2. The van der Waals surface area contributed by atoms with Crippen molar-refractivity contribution in [2.45, 2.75) is 54.0 Å². The van der Waals surface area contributed by atoms with Crippen LogP contribution < -0.4 is 11.1 Å². The zero-order valence-corrected chi connectivity index (χ0v) is 19.9. The first kappa shape index (κ1) is 23.7. The predicted octanol–water partition coefficient (Wildman–Crippen LogP) is 2.77. The first-order chi connectivity index (χ1) is 14.7. The number of amides is 2. The summed E-state index contributed by atoms with van der Waals surface area (Å²) in [5.74, 6) is -0.638. The normalized spacial score (nSPS) is 16.1. The minimum Gasteiger partial charge on any atom is -0.369 e. The Bertz CT molecular complexity index is 1040. The standard InChI is InChI=1S/C20H26N4O4S3/c1-13-17(12-18(21)25)30-20(22-13)29-14(2)19(26)23-15-6-8-16(9-7-15)31(27,28)24-10-4-3-5-11-24/h6-9,14H,3-5,10-12H2,1-2H3,(H2,21,25)(H,23,26). The van der Waals surface area contributed by atoms with Crippen molar-refractivity contribution in [2.75, 3.05) is 18.4 Å². The van der Waals surface area contributed by atoms with Crippen molar-refractivity contribution in [3.63, 3.8) is 0 Å². The molecule has 0 aliphatic carbocycles. The average molecular weight is 483 g/mol. The van der Waals surface area contributed by atoms with E-state index < -0.39 is 21.2 Å². The van der Waals surface area contributed by atoms with Gasteiger partial charge in [-0.25, -0.2) is 13.4 Å². The summed E-state index contributed by atoms with van der Waals surface area (Å²) in [4.78, 5) is 29.1. The molecule has 31 heavy (non-hydrogen) atoms. The topological polar surface area (TPSA) is 122 Å². The molecule has 11 heteroatoms. The van der Waals surface area contributed by atoms with Gasteiger partial charge in [0.25, 0.3) is 0 Å². The van der Waals surface area contributed by atoms with Crippen molar-refractivity contribution in [1.82, 2.24) is 9.29 Å². The lowest BCUT2D eigenvalue weighted by Crippen LogP contribution is -2.35. The number of carbonyl (C=O) groups is 2.